The molecule has 5 nitrogen and oxygen atoms in total. The molecule has 0 fully saturated rings. The lowest BCUT2D eigenvalue weighted by molar-refractivity contribution is 0.669. The second kappa shape index (κ2) is 10.0. The first-order valence-electron chi connectivity index (χ1n) is 15.6. The SMILES string of the molecule is c1ccc(-c2nc(-c3cc4ccc5ccccc5c4c4ccccc34)nc(-c3cc4oc5ccccc5c4c4cccnc34)n2)cc1. The maximum Gasteiger partial charge on any atom is 0.166 e. The molecule has 3 heterocycles. The first kappa shape index (κ1) is 25.8. The summed E-state index contributed by atoms with van der Waals surface area (Å²) in [5.41, 5.74) is 5.08. The van der Waals surface area contributed by atoms with Gasteiger partial charge in [-0.3, -0.25) is 4.98 Å². The number of fused-ring (bicyclic) bond motifs is 10. The van der Waals surface area contributed by atoms with Crippen LogP contribution in [-0.4, -0.2) is 19.9 Å². The number of aromatic nitrogens is 4. The van der Waals surface area contributed by atoms with E-state index in [-0.39, 0.29) is 0 Å². The predicted octanol–water partition coefficient (Wildman–Crippen LogP) is 10.8. The molecule has 0 spiro atoms. The highest BCUT2D eigenvalue weighted by atomic mass is 16.3. The molecule has 5 heteroatoms. The van der Waals surface area contributed by atoms with E-state index in [1.807, 2.05) is 66.9 Å². The predicted molar refractivity (Wildman–Crippen MR) is 191 cm³/mol. The van der Waals surface area contributed by atoms with Gasteiger partial charge in [-0.05, 0) is 56.6 Å². The van der Waals surface area contributed by atoms with Crippen LogP contribution in [0.15, 0.2) is 150 Å². The average molecular weight is 601 g/mol. The Labute approximate surface area is 268 Å². The molecule has 218 valence electrons. The Morgan fingerprint density at radius 3 is 1.94 bits per heavy atom. The molecule has 0 atom stereocenters. The quantitative estimate of drug-likeness (QED) is 0.189. The summed E-state index contributed by atoms with van der Waals surface area (Å²) in [5.74, 6) is 1.75. The molecule has 0 saturated heterocycles. The van der Waals surface area contributed by atoms with E-state index in [1.54, 1.807) is 0 Å². The van der Waals surface area contributed by atoms with Gasteiger partial charge in [-0.1, -0.05) is 115 Å². The highest BCUT2D eigenvalue weighted by Gasteiger charge is 2.21. The van der Waals surface area contributed by atoms with Crippen LogP contribution in [0.2, 0.25) is 0 Å². The Morgan fingerprint density at radius 2 is 1.06 bits per heavy atom. The third kappa shape index (κ3) is 3.97. The van der Waals surface area contributed by atoms with Gasteiger partial charge >= 0.3 is 0 Å². The third-order valence-corrected chi connectivity index (χ3v) is 9.13. The monoisotopic (exact) mass is 600 g/mol. The van der Waals surface area contributed by atoms with Crippen LogP contribution < -0.4 is 0 Å². The zero-order valence-electron chi connectivity index (χ0n) is 25.1. The molecule has 0 saturated carbocycles. The minimum absolute atomic E-state index is 0.544. The zero-order valence-corrected chi connectivity index (χ0v) is 25.1. The van der Waals surface area contributed by atoms with Crippen molar-refractivity contribution in [1.82, 2.24) is 19.9 Å². The Kier molecular flexibility index (Phi) is 5.51. The Morgan fingerprint density at radius 1 is 0.404 bits per heavy atom. The van der Waals surface area contributed by atoms with Gasteiger partial charge in [0.2, 0.25) is 0 Å². The van der Waals surface area contributed by atoms with Crippen molar-refractivity contribution >= 4 is 65.2 Å². The van der Waals surface area contributed by atoms with Crippen molar-refractivity contribution in [2.24, 2.45) is 0 Å². The molecule has 0 unspecified atom stereocenters. The van der Waals surface area contributed by atoms with Crippen molar-refractivity contribution in [2.75, 3.05) is 0 Å². The molecule has 0 N–H and O–H groups in total. The fourth-order valence-corrected chi connectivity index (χ4v) is 7.03. The fourth-order valence-electron chi connectivity index (χ4n) is 7.03. The molecule has 10 rings (SSSR count). The molecular weight excluding hydrogens is 576 g/mol. The standard InChI is InChI=1S/C42H24N4O/c1-2-12-26(13-3-1)40-44-41(33-23-27-21-20-25-11-4-5-14-28(25)37(27)30-16-7-6-15-29(30)33)46-42(45-40)34-24-36-38(32-18-10-22-43-39(32)34)31-17-8-9-19-35(31)47-36/h1-24H. The van der Waals surface area contributed by atoms with Gasteiger partial charge in [0.15, 0.2) is 17.5 Å². The third-order valence-electron chi connectivity index (χ3n) is 9.13. The normalized spacial score (nSPS) is 11.8. The zero-order chi connectivity index (χ0) is 30.9. The molecule has 0 bridgehead atoms. The van der Waals surface area contributed by atoms with Gasteiger partial charge < -0.3 is 4.42 Å². The second-order valence-electron chi connectivity index (χ2n) is 11.8. The van der Waals surface area contributed by atoms with Crippen LogP contribution in [0.3, 0.4) is 0 Å². The molecule has 0 aliphatic rings. The summed E-state index contributed by atoms with van der Waals surface area (Å²) in [6.45, 7) is 0. The van der Waals surface area contributed by atoms with E-state index >= 15 is 0 Å². The molecule has 0 aliphatic heterocycles. The number of rotatable bonds is 3. The summed E-state index contributed by atoms with van der Waals surface area (Å²) in [5, 5.41) is 10.1. The number of nitrogens with zero attached hydrogens (tertiary/aromatic N) is 4. The van der Waals surface area contributed by atoms with Crippen molar-refractivity contribution in [3.8, 4) is 34.2 Å². The molecule has 0 amide bonds. The molecular formula is C42H24N4O. The van der Waals surface area contributed by atoms with E-state index < -0.39 is 0 Å². The Balaban J connectivity index is 1.30. The van der Waals surface area contributed by atoms with Crippen molar-refractivity contribution in [3.05, 3.63) is 146 Å². The van der Waals surface area contributed by atoms with Crippen molar-refractivity contribution in [2.45, 2.75) is 0 Å². The minimum Gasteiger partial charge on any atom is -0.456 e. The number of pyridine rings is 1. The van der Waals surface area contributed by atoms with Gasteiger partial charge in [-0.2, -0.15) is 0 Å². The van der Waals surface area contributed by atoms with Crippen LogP contribution >= 0.6 is 0 Å². The van der Waals surface area contributed by atoms with Crippen LogP contribution in [0.5, 0.6) is 0 Å². The van der Waals surface area contributed by atoms with E-state index in [1.165, 1.54) is 16.2 Å². The van der Waals surface area contributed by atoms with E-state index in [2.05, 4.69) is 78.9 Å². The van der Waals surface area contributed by atoms with Gasteiger partial charge in [-0.15, -0.1) is 0 Å². The van der Waals surface area contributed by atoms with E-state index in [0.717, 1.165) is 65.7 Å². The fraction of sp³-hybridized carbons (Fsp3) is 0. The first-order valence-corrected chi connectivity index (χ1v) is 15.6. The number of hydrogen-bond acceptors (Lipinski definition) is 5. The molecule has 47 heavy (non-hydrogen) atoms. The minimum atomic E-state index is 0.544. The second-order valence-corrected chi connectivity index (χ2v) is 11.8. The summed E-state index contributed by atoms with van der Waals surface area (Å²) < 4.78 is 6.39. The van der Waals surface area contributed by atoms with Crippen LogP contribution in [0.25, 0.3) is 99.3 Å². The van der Waals surface area contributed by atoms with E-state index in [0.29, 0.717) is 17.5 Å². The van der Waals surface area contributed by atoms with Gasteiger partial charge in [0.1, 0.15) is 11.2 Å². The van der Waals surface area contributed by atoms with E-state index in [4.69, 9.17) is 24.4 Å². The summed E-state index contributed by atoms with van der Waals surface area (Å²) >= 11 is 0. The lowest BCUT2D eigenvalue weighted by Crippen LogP contribution is -2.01. The summed E-state index contributed by atoms with van der Waals surface area (Å²) in [6, 6.07) is 48.0. The number of para-hydroxylation sites is 1. The van der Waals surface area contributed by atoms with E-state index in [9.17, 15) is 0 Å². The van der Waals surface area contributed by atoms with Crippen LogP contribution in [0.4, 0.5) is 0 Å². The highest BCUT2D eigenvalue weighted by molar-refractivity contribution is 6.23. The van der Waals surface area contributed by atoms with Gasteiger partial charge in [0.05, 0.1) is 5.52 Å². The van der Waals surface area contributed by atoms with Crippen LogP contribution in [0, 0.1) is 0 Å². The van der Waals surface area contributed by atoms with Crippen molar-refractivity contribution in [1.29, 1.82) is 0 Å². The maximum atomic E-state index is 6.39. The summed E-state index contributed by atoms with van der Waals surface area (Å²) in [6.07, 6.45) is 1.82. The van der Waals surface area contributed by atoms with Gasteiger partial charge in [-0.25, -0.2) is 15.0 Å². The highest BCUT2D eigenvalue weighted by Crippen LogP contribution is 2.41. The molecule has 10 aromatic rings. The molecule has 7 aromatic carbocycles. The van der Waals surface area contributed by atoms with Gasteiger partial charge in [0.25, 0.3) is 0 Å². The Hall–Kier alpha value is -6.46. The topological polar surface area (TPSA) is 64.7 Å². The number of furan rings is 1. The van der Waals surface area contributed by atoms with Crippen LogP contribution in [0.1, 0.15) is 0 Å². The Bertz CT molecular complexity index is 2860. The van der Waals surface area contributed by atoms with Crippen molar-refractivity contribution in [3.63, 3.8) is 0 Å². The lowest BCUT2D eigenvalue weighted by Gasteiger charge is -2.14. The largest absolute Gasteiger partial charge is 0.456 e. The first-order chi connectivity index (χ1) is 23.3. The molecule has 0 aliphatic carbocycles. The maximum absolute atomic E-state index is 6.39. The average Bonchev–Trinajstić information content (AvgIpc) is 3.53. The van der Waals surface area contributed by atoms with Gasteiger partial charge in [0, 0.05) is 39.0 Å². The van der Waals surface area contributed by atoms with Crippen LogP contribution in [-0.2, 0) is 0 Å². The number of hydrogen-bond donors (Lipinski definition) is 0. The number of benzene rings is 7. The molecule has 3 aromatic heterocycles. The lowest BCUT2D eigenvalue weighted by atomic mass is 9.93. The smallest absolute Gasteiger partial charge is 0.166 e. The summed E-state index contributed by atoms with van der Waals surface area (Å²) in [4.78, 5) is 20.3. The summed E-state index contributed by atoms with van der Waals surface area (Å²) in [7, 11) is 0. The molecule has 0 radical (unpaired) electrons. The van der Waals surface area contributed by atoms with Crippen molar-refractivity contribution < 1.29 is 4.42 Å².